The van der Waals surface area contributed by atoms with Crippen LogP contribution in [0.3, 0.4) is 0 Å². The summed E-state index contributed by atoms with van der Waals surface area (Å²) in [5.74, 6) is 0.114. The average Bonchev–Trinajstić information content (AvgIpc) is 2.43. The van der Waals surface area contributed by atoms with Gasteiger partial charge in [-0.3, -0.25) is 0 Å². The van der Waals surface area contributed by atoms with Gasteiger partial charge in [-0.25, -0.2) is 4.39 Å². The van der Waals surface area contributed by atoms with E-state index >= 15 is 0 Å². The quantitative estimate of drug-likeness (QED) is 0.649. The summed E-state index contributed by atoms with van der Waals surface area (Å²) in [5, 5.41) is 1.34. The largest absolute Gasteiger partial charge is 0.207 e. The van der Waals surface area contributed by atoms with E-state index < -0.39 is 0 Å². The van der Waals surface area contributed by atoms with Crippen molar-refractivity contribution < 1.29 is 4.39 Å². The Hall–Kier alpha value is -0.860. The molecule has 0 aromatic heterocycles. The van der Waals surface area contributed by atoms with Gasteiger partial charge in [0.25, 0.3) is 0 Å². The van der Waals surface area contributed by atoms with E-state index in [1.807, 2.05) is 18.2 Å². The van der Waals surface area contributed by atoms with Crippen molar-refractivity contribution in [2.24, 2.45) is 5.92 Å². The summed E-state index contributed by atoms with van der Waals surface area (Å²) in [7, 11) is 0. The van der Waals surface area contributed by atoms with Gasteiger partial charge in [-0.2, -0.15) is 0 Å². The Balaban J connectivity index is 2.11. The van der Waals surface area contributed by atoms with Crippen LogP contribution in [0.25, 0.3) is 0 Å². The number of hydrogen-bond donors (Lipinski definition) is 0. The van der Waals surface area contributed by atoms with Gasteiger partial charge in [0.15, 0.2) is 0 Å². The third kappa shape index (κ3) is 4.05. The van der Waals surface area contributed by atoms with E-state index in [0.29, 0.717) is 22.9 Å². The normalized spacial score (nSPS) is 12.4. The number of rotatable bonds is 5. The minimum atomic E-state index is -0.216. The molecule has 0 nitrogen and oxygen atoms in total. The zero-order valence-corrected chi connectivity index (χ0v) is 12.8. The Morgan fingerprint density at radius 2 is 1.74 bits per heavy atom. The summed E-state index contributed by atoms with van der Waals surface area (Å²) in [6.45, 7) is 0. The minimum absolute atomic E-state index is 0.216. The van der Waals surface area contributed by atoms with Crippen LogP contribution < -0.4 is 0 Å². The SMILES string of the molecule is Fc1cccc(Cl)c1CC(CBr)Cc1ccccc1. The first-order chi connectivity index (χ1) is 9.20. The molecule has 0 amide bonds. The van der Waals surface area contributed by atoms with Crippen molar-refractivity contribution in [2.75, 3.05) is 5.33 Å². The summed E-state index contributed by atoms with van der Waals surface area (Å²) < 4.78 is 13.8. The Labute approximate surface area is 126 Å². The summed E-state index contributed by atoms with van der Waals surface area (Å²) >= 11 is 9.59. The molecule has 0 N–H and O–H groups in total. The molecule has 0 aliphatic heterocycles. The summed E-state index contributed by atoms with van der Waals surface area (Å²) in [4.78, 5) is 0. The third-order valence-corrected chi connectivity index (χ3v) is 4.41. The highest BCUT2D eigenvalue weighted by Crippen LogP contribution is 2.24. The standard InChI is InChI=1S/C16H15BrClF/c17-11-13(9-12-5-2-1-3-6-12)10-14-15(18)7-4-8-16(14)19/h1-8,13H,9-11H2. The van der Waals surface area contributed by atoms with Crippen LogP contribution in [0.2, 0.25) is 5.02 Å². The molecule has 19 heavy (non-hydrogen) atoms. The molecule has 0 heterocycles. The number of halogens is 3. The predicted molar refractivity (Wildman–Crippen MR) is 82.5 cm³/mol. The average molecular weight is 342 g/mol. The van der Waals surface area contributed by atoms with Gasteiger partial charge in [-0.15, -0.1) is 0 Å². The first-order valence-electron chi connectivity index (χ1n) is 6.23. The van der Waals surface area contributed by atoms with E-state index in [1.165, 1.54) is 11.6 Å². The van der Waals surface area contributed by atoms with Crippen molar-refractivity contribution >= 4 is 27.5 Å². The lowest BCUT2D eigenvalue weighted by atomic mass is 9.94. The van der Waals surface area contributed by atoms with Crippen molar-refractivity contribution in [1.29, 1.82) is 0 Å². The molecule has 0 fully saturated rings. The van der Waals surface area contributed by atoms with E-state index in [1.54, 1.807) is 12.1 Å². The van der Waals surface area contributed by atoms with E-state index in [2.05, 4.69) is 28.1 Å². The molecular weight excluding hydrogens is 327 g/mol. The molecule has 2 rings (SSSR count). The number of hydrogen-bond acceptors (Lipinski definition) is 0. The molecule has 1 atom stereocenters. The molecule has 1 unspecified atom stereocenters. The van der Waals surface area contributed by atoms with Gasteiger partial charge in [0.1, 0.15) is 5.82 Å². The zero-order chi connectivity index (χ0) is 13.7. The summed E-state index contributed by atoms with van der Waals surface area (Å²) in [6.07, 6.45) is 1.56. The first kappa shape index (κ1) is 14.5. The summed E-state index contributed by atoms with van der Waals surface area (Å²) in [5.41, 5.74) is 1.88. The molecule has 100 valence electrons. The van der Waals surface area contributed by atoms with Crippen LogP contribution in [0.5, 0.6) is 0 Å². The van der Waals surface area contributed by atoms with E-state index in [9.17, 15) is 4.39 Å². The van der Waals surface area contributed by atoms with Crippen LogP contribution in [0, 0.1) is 11.7 Å². The zero-order valence-electron chi connectivity index (χ0n) is 10.5. The van der Waals surface area contributed by atoms with Crippen LogP contribution in [0.4, 0.5) is 4.39 Å². The Kier molecular flexibility index (Phi) is 5.41. The highest BCUT2D eigenvalue weighted by Gasteiger charge is 2.14. The molecule has 0 aliphatic rings. The maximum atomic E-state index is 13.8. The van der Waals surface area contributed by atoms with Gasteiger partial charge >= 0.3 is 0 Å². The molecule has 2 aromatic rings. The van der Waals surface area contributed by atoms with Gasteiger partial charge in [-0.1, -0.05) is 63.9 Å². The minimum Gasteiger partial charge on any atom is -0.207 e. The van der Waals surface area contributed by atoms with Gasteiger partial charge in [0.2, 0.25) is 0 Å². The molecule has 2 aromatic carbocycles. The molecule has 0 saturated carbocycles. The lowest BCUT2D eigenvalue weighted by Gasteiger charge is -2.15. The first-order valence-corrected chi connectivity index (χ1v) is 7.73. The van der Waals surface area contributed by atoms with Crippen LogP contribution in [0.1, 0.15) is 11.1 Å². The Bertz CT molecular complexity index is 507. The number of benzene rings is 2. The third-order valence-electron chi connectivity index (χ3n) is 3.14. The van der Waals surface area contributed by atoms with Crippen molar-refractivity contribution in [2.45, 2.75) is 12.8 Å². The van der Waals surface area contributed by atoms with Gasteiger partial charge in [0, 0.05) is 15.9 Å². The topological polar surface area (TPSA) is 0 Å². The van der Waals surface area contributed by atoms with Crippen molar-refractivity contribution in [1.82, 2.24) is 0 Å². The molecular formula is C16H15BrClF. The van der Waals surface area contributed by atoms with Gasteiger partial charge in [0.05, 0.1) is 0 Å². The van der Waals surface area contributed by atoms with Crippen LogP contribution >= 0.6 is 27.5 Å². The second-order valence-electron chi connectivity index (χ2n) is 4.61. The fourth-order valence-corrected chi connectivity index (χ4v) is 2.84. The lowest BCUT2D eigenvalue weighted by Crippen LogP contribution is -2.11. The molecule has 0 saturated heterocycles. The smallest absolute Gasteiger partial charge is 0.127 e. The highest BCUT2D eigenvalue weighted by molar-refractivity contribution is 9.09. The van der Waals surface area contributed by atoms with Gasteiger partial charge < -0.3 is 0 Å². The molecule has 0 spiro atoms. The summed E-state index contributed by atoms with van der Waals surface area (Å²) in [6, 6.07) is 15.1. The maximum absolute atomic E-state index is 13.8. The molecule has 0 bridgehead atoms. The van der Waals surface area contributed by atoms with Crippen molar-refractivity contribution in [3.63, 3.8) is 0 Å². The van der Waals surface area contributed by atoms with Crippen LogP contribution in [-0.2, 0) is 12.8 Å². The number of alkyl halides is 1. The monoisotopic (exact) mass is 340 g/mol. The molecule has 0 radical (unpaired) electrons. The van der Waals surface area contributed by atoms with Crippen LogP contribution in [-0.4, -0.2) is 5.33 Å². The fourth-order valence-electron chi connectivity index (χ4n) is 2.14. The Morgan fingerprint density at radius 3 is 2.37 bits per heavy atom. The van der Waals surface area contributed by atoms with Gasteiger partial charge in [-0.05, 0) is 36.5 Å². The van der Waals surface area contributed by atoms with Crippen LogP contribution in [0.15, 0.2) is 48.5 Å². The predicted octanol–water partition coefficient (Wildman–Crippen LogP) is 5.28. The molecule has 3 heteroatoms. The van der Waals surface area contributed by atoms with E-state index in [0.717, 1.165) is 11.8 Å². The second-order valence-corrected chi connectivity index (χ2v) is 5.67. The van der Waals surface area contributed by atoms with Crippen molar-refractivity contribution in [3.8, 4) is 0 Å². The van der Waals surface area contributed by atoms with E-state index in [-0.39, 0.29) is 5.82 Å². The highest BCUT2D eigenvalue weighted by atomic mass is 79.9. The second kappa shape index (κ2) is 7.06. The van der Waals surface area contributed by atoms with E-state index in [4.69, 9.17) is 11.6 Å². The maximum Gasteiger partial charge on any atom is 0.127 e. The fraction of sp³-hybridized carbons (Fsp3) is 0.250. The lowest BCUT2D eigenvalue weighted by molar-refractivity contribution is 0.550. The molecule has 0 aliphatic carbocycles. The Morgan fingerprint density at radius 1 is 1.00 bits per heavy atom. The van der Waals surface area contributed by atoms with Crippen molar-refractivity contribution in [3.05, 3.63) is 70.5 Å².